The Balaban J connectivity index is 1.89. The monoisotopic (exact) mass is 332 g/mol. The van der Waals surface area contributed by atoms with Gasteiger partial charge in [-0.05, 0) is 25.1 Å². The Bertz CT molecular complexity index is 724. The number of nitrogens with zero attached hydrogens (tertiary/aromatic N) is 2. The number of aryl methyl sites for hydroxylation is 1. The minimum absolute atomic E-state index is 0.0272. The first-order valence-corrected chi connectivity index (χ1v) is 8.77. The first kappa shape index (κ1) is 15.1. The molecule has 4 nitrogen and oxygen atoms in total. The fraction of sp³-hybridized carbons (Fsp3) is 0.250. The smallest absolute Gasteiger partial charge is 0.262 e. The van der Waals surface area contributed by atoms with Crippen LogP contribution in [0.1, 0.15) is 21.1 Å². The number of ether oxygens (including phenoxy) is 1. The predicted molar refractivity (Wildman–Crippen MR) is 91.3 cm³/mol. The first-order chi connectivity index (χ1) is 10.7. The van der Waals surface area contributed by atoms with Crippen molar-refractivity contribution in [3.8, 4) is 5.75 Å². The number of amides is 1. The number of hydrogen-bond acceptors (Lipinski definition) is 5. The van der Waals surface area contributed by atoms with Gasteiger partial charge in [-0.15, -0.1) is 23.1 Å². The van der Waals surface area contributed by atoms with Crippen molar-refractivity contribution in [2.24, 2.45) is 0 Å². The van der Waals surface area contributed by atoms with E-state index in [0.29, 0.717) is 17.9 Å². The third-order valence-corrected chi connectivity index (χ3v) is 5.13. The zero-order chi connectivity index (χ0) is 15.5. The molecule has 1 aromatic carbocycles. The predicted octanol–water partition coefficient (Wildman–Crippen LogP) is 3.65. The van der Waals surface area contributed by atoms with Crippen LogP contribution in [0.4, 0.5) is 0 Å². The van der Waals surface area contributed by atoms with E-state index in [1.54, 1.807) is 41.2 Å². The van der Waals surface area contributed by atoms with Gasteiger partial charge < -0.3 is 9.64 Å². The van der Waals surface area contributed by atoms with Crippen molar-refractivity contribution in [3.63, 3.8) is 0 Å². The van der Waals surface area contributed by atoms with E-state index in [0.717, 1.165) is 21.5 Å². The van der Waals surface area contributed by atoms with Gasteiger partial charge in [0.25, 0.3) is 5.91 Å². The normalized spacial score (nSPS) is 16.3. The molecule has 0 unspecified atom stereocenters. The molecule has 1 fully saturated rings. The molecule has 3 rings (SSSR count). The van der Waals surface area contributed by atoms with Crippen LogP contribution in [0.2, 0.25) is 0 Å². The van der Waals surface area contributed by atoms with Gasteiger partial charge in [-0.3, -0.25) is 4.79 Å². The minimum Gasteiger partial charge on any atom is -0.496 e. The lowest BCUT2D eigenvalue weighted by atomic mass is 10.1. The largest absolute Gasteiger partial charge is 0.496 e. The molecule has 0 aliphatic carbocycles. The number of carbonyl (C=O) groups is 1. The number of carbonyl (C=O) groups excluding carboxylic acids is 1. The van der Waals surface area contributed by atoms with Crippen LogP contribution in [-0.2, 0) is 0 Å². The van der Waals surface area contributed by atoms with Crippen LogP contribution < -0.4 is 4.74 Å². The molecular formula is C16H16N2O2S2. The summed E-state index contributed by atoms with van der Waals surface area (Å²) in [5, 5.41) is 3.98. The second-order valence-electron chi connectivity index (χ2n) is 4.78. The van der Waals surface area contributed by atoms with E-state index in [1.807, 2.05) is 36.6 Å². The fourth-order valence-electron chi connectivity index (χ4n) is 2.29. The molecular weight excluding hydrogens is 316 g/mol. The van der Waals surface area contributed by atoms with Crippen molar-refractivity contribution in [1.29, 1.82) is 0 Å². The number of thioether (sulfide) groups is 1. The highest BCUT2D eigenvalue weighted by molar-refractivity contribution is 8.03. The van der Waals surface area contributed by atoms with Gasteiger partial charge >= 0.3 is 0 Å². The van der Waals surface area contributed by atoms with Gasteiger partial charge in [0.2, 0.25) is 0 Å². The second kappa shape index (κ2) is 6.54. The number of aromatic nitrogens is 1. The summed E-state index contributed by atoms with van der Waals surface area (Å²) in [6, 6.07) is 7.33. The molecule has 0 radical (unpaired) electrons. The van der Waals surface area contributed by atoms with E-state index >= 15 is 0 Å². The molecule has 0 atom stereocenters. The number of rotatable bonds is 3. The highest BCUT2D eigenvalue weighted by atomic mass is 32.2. The number of methoxy groups -OCH3 is 1. The summed E-state index contributed by atoms with van der Waals surface area (Å²) in [6.45, 7) is 2.68. The molecule has 114 valence electrons. The van der Waals surface area contributed by atoms with Crippen LogP contribution in [0, 0.1) is 6.92 Å². The van der Waals surface area contributed by atoms with Crippen molar-refractivity contribution < 1.29 is 9.53 Å². The molecule has 1 amide bonds. The van der Waals surface area contributed by atoms with Crippen LogP contribution in [0.25, 0.3) is 6.08 Å². The third-order valence-electron chi connectivity index (χ3n) is 3.32. The maximum Gasteiger partial charge on any atom is 0.262 e. The SMILES string of the molecule is COc1ccccc1C(=O)N1CCS/C1=C/c1csc(C)n1. The van der Waals surface area contributed by atoms with Crippen LogP contribution in [-0.4, -0.2) is 35.2 Å². The minimum atomic E-state index is -0.0272. The van der Waals surface area contributed by atoms with Gasteiger partial charge in [-0.2, -0.15) is 0 Å². The van der Waals surface area contributed by atoms with Gasteiger partial charge in [-0.1, -0.05) is 12.1 Å². The molecule has 22 heavy (non-hydrogen) atoms. The molecule has 6 heteroatoms. The van der Waals surface area contributed by atoms with Crippen LogP contribution in [0.15, 0.2) is 34.7 Å². The topological polar surface area (TPSA) is 42.4 Å². The Morgan fingerprint density at radius 3 is 2.95 bits per heavy atom. The highest BCUT2D eigenvalue weighted by Gasteiger charge is 2.27. The molecule has 1 aliphatic rings. The Hall–Kier alpha value is -1.79. The lowest BCUT2D eigenvalue weighted by Crippen LogP contribution is -2.27. The van der Waals surface area contributed by atoms with Crippen molar-refractivity contribution in [2.45, 2.75) is 6.92 Å². The second-order valence-corrected chi connectivity index (χ2v) is 6.96. The molecule has 0 spiro atoms. The Labute approximate surface area is 137 Å². The summed E-state index contributed by atoms with van der Waals surface area (Å²) in [5.74, 6) is 1.48. The summed E-state index contributed by atoms with van der Waals surface area (Å²) in [4.78, 5) is 19.0. The summed E-state index contributed by atoms with van der Waals surface area (Å²) in [7, 11) is 1.58. The maximum atomic E-state index is 12.8. The average Bonchev–Trinajstić information content (AvgIpc) is 3.16. The number of thiazole rings is 1. The average molecular weight is 332 g/mol. The van der Waals surface area contributed by atoms with E-state index in [9.17, 15) is 4.79 Å². The molecule has 1 aromatic heterocycles. The molecule has 2 aromatic rings. The van der Waals surface area contributed by atoms with Crippen LogP contribution >= 0.6 is 23.1 Å². The Kier molecular flexibility index (Phi) is 4.49. The molecule has 0 saturated carbocycles. The lowest BCUT2D eigenvalue weighted by molar-refractivity contribution is 0.0827. The van der Waals surface area contributed by atoms with E-state index in [4.69, 9.17) is 4.74 Å². The molecule has 2 heterocycles. The lowest BCUT2D eigenvalue weighted by Gasteiger charge is -2.18. The third kappa shape index (κ3) is 3.03. The summed E-state index contributed by atoms with van der Waals surface area (Å²) in [6.07, 6.45) is 1.98. The number of benzene rings is 1. The number of para-hydroxylation sites is 1. The highest BCUT2D eigenvalue weighted by Crippen LogP contribution is 2.32. The molecule has 1 aliphatic heterocycles. The quantitative estimate of drug-likeness (QED) is 0.860. The van der Waals surface area contributed by atoms with Gasteiger partial charge in [0.05, 0.1) is 28.4 Å². The zero-order valence-electron chi connectivity index (χ0n) is 12.4. The first-order valence-electron chi connectivity index (χ1n) is 6.90. The van der Waals surface area contributed by atoms with Gasteiger partial charge in [0.1, 0.15) is 5.75 Å². The van der Waals surface area contributed by atoms with Crippen LogP contribution in [0.5, 0.6) is 5.75 Å². The summed E-state index contributed by atoms with van der Waals surface area (Å²) >= 11 is 3.29. The molecule has 1 saturated heterocycles. The zero-order valence-corrected chi connectivity index (χ0v) is 14.0. The van der Waals surface area contributed by atoms with Crippen LogP contribution in [0.3, 0.4) is 0 Å². The van der Waals surface area contributed by atoms with E-state index in [-0.39, 0.29) is 5.91 Å². The van der Waals surface area contributed by atoms with Gasteiger partial charge in [0.15, 0.2) is 0 Å². The Morgan fingerprint density at radius 2 is 2.23 bits per heavy atom. The van der Waals surface area contributed by atoms with Crippen molar-refractivity contribution >= 4 is 35.1 Å². The standard InChI is InChI=1S/C16H16N2O2S2/c1-11-17-12(10-22-11)9-15-18(7-8-21-15)16(19)13-5-3-4-6-14(13)20-2/h3-6,9-10H,7-8H2,1-2H3/b15-9+. The van der Waals surface area contributed by atoms with E-state index in [1.165, 1.54) is 0 Å². The maximum absolute atomic E-state index is 12.8. The molecule has 0 N–H and O–H groups in total. The summed E-state index contributed by atoms with van der Waals surface area (Å²) in [5.41, 5.74) is 1.50. The Morgan fingerprint density at radius 1 is 1.41 bits per heavy atom. The molecule has 0 bridgehead atoms. The number of hydrogen-bond donors (Lipinski definition) is 0. The van der Waals surface area contributed by atoms with E-state index in [2.05, 4.69) is 4.98 Å². The van der Waals surface area contributed by atoms with E-state index < -0.39 is 0 Å². The van der Waals surface area contributed by atoms with Crippen molar-refractivity contribution in [1.82, 2.24) is 9.88 Å². The van der Waals surface area contributed by atoms with Crippen molar-refractivity contribution in [2.75, 3.05) is 19.4 Å². The summed E-state index contributed by atoms with van der Waals surface area (Å²) < 4.78 is 5.30. The van der Waals surface area contributed by atoms with Crippen molar-refractivity contribution in [3.05, 3.63) is 50.9 Å². The van der Waals surface area contributed by atoms with Gasteiger partial charge in [-0.25, -0.2) is 4.98 Å². The van der Waals surface area contributed by atoms with Gasteiger partial charge in [0, 0.05) is 17.7 Å². The fourth-order valence-corrected chi connectivity index (χ4v) is 3.88.